The van der Waals surface area contributed by atoms with Crippen LogP contribution in [0.25, 0.3) is 0 Å². The monoisotopic (exact) mass is 390 g/mol. The lowest BCUT2D eigenvalue weighted by Gasteiger charge is -2.29. The van der Waals surface area contributed by atoms with E-state index < -0.39 is 0 Å². The summed E-state index contributed by atoms with van der Waals surface area (Å²) in [7, 11) is 0. The van der Waals surface area contributed by atoms with Crippen LogP contribution in [0.5, 0.6) is 0 Å². The topological polar surface area (TPSA) is 76.5 Å². The number of carbonyl (C=O) groups excluding carboxylic acids is 1. The second kappa shape index (κ2) is 8.54. The van der Waals surface area contributed by atoms with Crippen LogP contribution in [-0.2, 0) is 22.5 Å². The number of rotatable bonds is 5. The average molecular weight is 391 g/mol. The first kappa shape index (κ1) is 19.4. The third kappa shape index (κ3) is 4.67. The molecule has 1 aromatic heterocycles. The minimum atomic E-state index is -0.303. The molecule has 0 atom stereocenters. The number of ether oxygens (including phenoxy) is 1. The van der Waals surface area contributed by atoms with Gasteiger partial charge in [0.05, 0.1) is 13.2 Å². The SMILES string of the molecule is CCc1cc(=O)n(CC(=O)Nc2cc(Cl)ccc2C)c(N2CCOCC2)n1. The van der Waals surface area contributed by atoms with Crippen molar-refractivity contribution in [2.75, 3.05) is 36.5 Å². The van der Waals surface area contributed by atoms with Gasteiger partial charge in [-0.05, 0) is 31.0 Å². The average Bonchev–Trinajstić information content (AvgIpc) is 2.66. The van der Waals surface area contributed by atoms with Crippen molar-refractivity contribution in [3.63, 3.8) is 0 Å². The number of nitrogens with zero attached hydrogens (tertiary/aromatic N) is 3. The highest BCUT2D eigenvalue weighted by atomic mass is 35.5. The zero-order valence-electron chi connectivity index (χ0n) is 15.5. The summed E-state index contributed by atoms with van der Waals surface area (Å²) in [5.41, 5.74) is 2.00. The Kier molecular flexibility index (Phi) is 6.13. The van der Waals surface area contributed by atoms with Gasteiger partial charge >= 0.3 is 0 Å². The van der Waals surface area contributed by atoms with Gasteiger partial charge in [0.15, 0.2) is 0 Å². The number of hydrogen-bond acceptors (Lipinski definition) is 5. The Bertz CT molecular complexity index is 891. The minimum Gasteiger partial charge on any atom is -0.378 e. The standard InChI is InChI=1S/C19H23ClN4O3/c1-3-15-11-18(26)24(19(21-15)23-6-8-27-9-7-23)12-17(25)22-16-10-14(20)5-4-13(16)2/h4-5,10-11H,3,6-9,12H2,1-2H3,(H,22,25). The molecule has 2 aromatic rings. The predicted octanol–water partition coefficient (Wildman–Crippen LogP) is 2.24. The number of anilines is 2. The molecule has 0 unspecified atom stereocenters. The van der Waals surface area contributed by atoms with Crippen LogP contribution in [0, 0.1) is 6.92 Å². The van der Waals surface area contributed by atoms with Crippen LogP contribution < -0.4 is 15.8 Å². The quantitative estimate of drug-likeness (QED) is 0.847. The van der Waals surface area contributed by atoms with Crippen LogP contribution >= 0.6 is 11.6 Å². The van der Waals surface area contributed by atoms with E-state index >= 15 is 0 Å². The summed E-state index contributed by atoms with van der Waals surface area (Å²) in [5, 5.41) is 3.37. The summed E-state index contributed by atoms with van der Waals surface area (Å²) in [6.07, 6.45) is 0.654. The lowest BCUT2D eigenvalue weighted by atomic mass is 10.2. The largest absolute Gasteiger partial charge is 0.378 e. The number of aromatic nitrogens is 2. The normalized spacial score (nSPS) is 14.3. The van der Waals surface area contributed by atoms with E-state index in [0.717, 1.165) is 5.56 Å². The van der Waals surface area contributed by atoms with E-state index in [2.05, 4.69) is 10.3 Å². The maximum atomic E-state index is 12.6. The molecule has 0 radical (unpaired) electrons. The molecular formula is C19H23ClN4O3. The number of aryl methyl sites for hydroxylation is 2. The van der Waals surface area contributed by atoms with E-state index in [-0.39, 0.29) is 18.0 Å². The van der Waals surface area contributed by atoms with Gasteiger partial charge in [0.1, 0.15) is 6.54 Å². The summed E-state index contributed by atoms with van der Waals surface area (Å²) >= 11 is 6.01. The van der Waals surface area contributed by atoms with Crippen LogP contribution in [0.2, 0.25) is 5.02 Å². The van der Waals surface area contributed by atoms with Crippen molar-refractivity contribution in [2.24, 2.45) is 0 Å². The third-order valence-corrected chi connectivity index (χ3v) is 4.71. The minimum absolute atomic E-state index is 0.117. The summed E-state index contributed by atoms with van der Waals surface area (Å²) in [4.78, 5) is 31.8. The molecule has 1 fully saturated rings. The molecule has 1 aliphatic rings. The molecule has 0 aliphatic carbocycles. The van der Waals surface area contributed by atoms with Gasteiger partial charge in [0.25, 0.3) is 5.56 Å². The lowest BCUT2D eigenvalue weighted by molar-refractivity contribution is -0.116. The molecule has 0 saturated carbocycles. The van der Waals surface area contributed by atoms with Crippen molar-refractivity contribution >= 4 is 29.1 Å². The highest BCUT2D eigenvalue weighted by molar-refractivity contribution is 6.31. The molecule has 1 N–H and O–H groups in total. The van der Waals surface area contributed by atoms with E-state index in [1.54, 1.807) is 12.1 Å². The van der Waals surface area contributed by atoms with Gasteiger partial charge in [0, 0.05) is 35.6 Å². The lowest BCUT2D eigenvalue weighted by Crippen LogP contribution is -2.42. The van der Waals surface area contributed by atoms with Crippen molar-refractivity contribution in [2.45, 2.75) is 26.8 Å². The second-order valence-corrected chi connectivity index (χ2v) is 6.87. The molecule has 1 aliphatic heterocycles. The van der Waals surface area contributed by atoms with Crippen molar-refractivity contribution in [1.29, 1.82) is 0 Å². The van der Waals surface area contributed by atoms with Gasteiger partial charge < -0.3 is 15.0 Å². The molecule has 2 heterocycles. The fourth-order valence-electron chi connectivity index (χ4n) is 2.94. The third-order valence-electron chi connectivity index (χ3n) is 4.47. The first-order valence-corrected chi connectivity index (χ1v) is 9.35. The molecule has 0 bridgehead atoms. The van der Waals surface area contributed by atoms with Gasteiger partial charge in [-0.25, -0.2) is 4.98 Å². The summed E-state index contributed by atoms with van der Waals surface area (Å²) in [5.74, 6) is 0.212. The summed E-state index contributed by atoms with van der Waals surface area (Å²) < 4.78 is 6.80. The molecular weight excluding hydrogens is 368 g/mol. The van der Waals surface area contributed by atoms with Crippen molar-refractivity contribution < 1.29 is 9.53 Å². The summed E-state index contributed by atoms with van der Waals surface area (Å²) in [6.45, 7) is 6.12. The Morgan fingerprint density at radius 3 is 2.74 bits per heavy atom. The van der Waals surface area contributed by atoms with Crippen molar-refractivity contribution in [3.05, 3.63) is 50.9 Å². The fraction of sp³-hybridized carbons (Fsp3) is 0.421. The van der Waals surface area contributed by atoms with Crippen LogP contribution in [0.1, 0.15) is 18.2 Å². The van der Waals surface area contributed by atoms with Gasteiger partial charge in [-0.3, -0.25) is 14.2 Å². The van der Waals surface area contributed by atoms with Gasteiger partial charge in [0.2, 0.25) is 11.9 Å². The zero-order valence-corrected chi connectivity index (χ0v) is 16.3. The Morgan fingerprint density at radius 2 is 2.04 bits per heavy atom. The van der Waals surface area contributed by atoms with Gasteiger partial charge in [-0.1, -0.05) is 24.6 Å². The van der Waals surface area contributed by atoms with E-state index in [4.69, 9.17) is 16.3 Å². The molecule has 1 saturated heterocycles. The molecule has 144 valence electrons. The molecule has 3 rings (SSSR count). The number of carbonyl (C=O) groups is 1. The van der Waals surface area contributed by atoms with Crippen LogP contribution in [0.4, 0.5) is 11.6 Å². The van der Waals surface area contributed by atoms with Crippen LogP contribution in [0.3, 0.4) is 0 Å². The van der Waals surface area contributed by atoms with E-state index in [1.807, 2.05) is 24.8 Å². The molecule has 0 spiro atoms. The smallest absolute Gasteiger partial charge is 0.255 e. The number of hydrogen-bond donors (Lipinski definition) is 1. The van der Waals surface area contributed by atoms with Gasteiger partial charge in [-0.2, -0.15) is 0 Å². The van der Waals surface area contributed by atoms with E-state index in [9.17, 15) is 9.59 Å². The zero-order chi connectivity index (χ0) is 19.4. The fourth-order valence-corrected chi connectivity index (χ4v) is 3.11. The highest BCUT2D eigenvalue weighted by Crippen LogP contribution is 2.20. The Balaban J connectivity index is 1.87. The summed E-state index contributed by atoms with van der Waals surface area (Å²) in [6, 6.07) is 6.78. The maximum Gasteiger partial charge on any atom is 0.255 e. The number of benzene rings is 1. The number of morpholine rings is 1. The molecule has 27 heavy (non-hydrogen) atoms. The predicted molar refractivity (Wildman–Crippen MR) is 106 cm³/mol. The van der Waals surface area contributed by atoms with Gasteiger partial charge in [-0.15, -0.1) is 0 Å². The van der Waals surface area contributed by atoms with Crippen LogP contribution in [0.15, 0.2) is 29.1 Å². The van der Waals surface area contributed by atoms with Crippen molar-refractivity contribution in [3.8, 4) is 0 Å². The Hall–Kier alpha value is -2.38. The molecule has 8 heteroatoms. The van der Waals surface area contributed by atoms with Crippen molar-refractivity contribution in [1.82, 2.24) is 9.55 Å². The molecule has 1 amide bonds. The second-order valence-electron chi connectivity index (χ2n) is 6.43. The molecule has 7 nitrogen and oxygen atoms in total. The number of amides is 1. The first-order chi connectivity index (χ1) is 13.0. The van der Waals surface area contributed by atoms with Crippen LogP contribution in [-0.4, -0.2) is 41.8 Å². The number of halogens is 1. The van der Waals surface area contributed by atoms with E-state index in [0.29, 0.717) is 55.1 Å². The Labute approximate surface area is 162 Å². The molecule has 1 aromatic carbocycles. The van der Waals surface area contributed by atoms with E-state index in [1.165, 1.54) is 10.6 Å². The highest BCUT2D eigenvalue weighted by Gasteiger charge is 2.20. The maximum absolute atomic E-state index is 12.6. The Morgan fingerprint density at radius 1 is 1.30 bits per heavy atom. The first-order valence-electron chi connectivity index (χ1n) is 8.97. The number of nitrogens with one attached hydrogen (secondary N) is 1.